The molecular weight excluding hydrogens is 311 g/mol. The summed E-state index contributed by atoms with van der Waals surface area (Å²) in [6.45, 7) is 2.21. The molecule has 5 nitrogen and oxygen atoms in total. The molecule has 8 heteroatoms. The van der Waals surface area contributed by atoms with Crippen LogP contribution in [0.2, 0.25) is 0 Å². The molecule has 3 heterocycles. The van der Waals surface area contributed by atoms with Crippen molar-refractivity contribution >= 4 is 33.4 Å². The number of aromatic nitrogens is 4. The molecule has 0 radical (unpaired) electrons. The van der Waals surface area contributed by atoms with E-state index in [0.717, 1.165) is 10.5 Å². The van der Waals surface area contributed by atoms with Crippen molar-refractivity contribution in [3.8, 4) is 11.4 Å². The average Bonchev–Trinajstić information content (AvgIpc) is 2.91. The van der Waals surface area contributed by atoms with Crippen LogP contribution in [0.25, 0.3) is 21.7 Å². The molecule has 0 bridgehead atoms. The van der Waals surface area contributed by atoms with Crippen LogP contribution in [-0.4, -0.2) is 25.8 Å². The quantitative estimate of drug-likeness (QED) is 0.694. The first-order chi connectivity index (χ1) is 10.2. The number of thioether (sulfide) groups is 1. The average molecular weight is 322 g/mol. The Balaban J connectivity index is 2.37. The molecule has 0 unspecified atom stereocenters. The van der Waals surface area contributed by atoms with Crippen molar-refractivity contribution in [2.75, 3.05) is 6.26 Å². The van der Waals surface area contributed by atoms with Crippen LogP contribution in [0, 0.1) is 5.82 Å². The molecule has 0 N–H and O–H groups in total. The number of hydrogen-bond donors (Lipinski definition) is 0. The summed E-state index contributed by atoms with van der Waals surface area (Å²) in [5.74, 6) is -0.188. The largest absolute Gasteiger partial charge is 0.291 e. The van der Waals surface area contributed by atoms with Gasteiger partial charge in [0.1, 0.15) is 5.82 Å². The molecule has 3 aromatic rings. The smallest absolute Gasteiger partial charge is 0.281 e. The van der Waals surface area contributed by atoms with Gasteiger partial charge in [0.05, 0.1) is 11.8 Å². The minimum absolute atomic E-state index is 0.245. The molecule has 0 saturated carbocycles. The first-order valence-corrected chi connectivity index (χ1v) is 8.25. The molecular formula is C13H11FN4OS2. The SMILES string of the molecule is CCn1c(-c2ccncc2F)nc2sc(SC)nc2c1=O. The molecule has 0 amide bonds. The van der Waals surface area contributed by atoms with Crippen molar-refractivity contribution in [2.45, 2.75) is 17.8 Å². The molecule has 0 aromatic carbocycles. The van der Waals surface area contributed by atoms with Gasteiger partial charge in [-0.2, -0.15) is 0 Å². The highest BCUT2D eigenvalue weighted by Crippen LogP contribution is 2.27. The number of thiazole rings is 1. The summed E-state index contributed by atoms with van der Waals surface area (Å²) in [6, 6.07) is 1.52. The monoisotopic (exact) mass is 322 g/mol. The first kappa shape index (κ1) is 14.2. The lowest BCUT2D eigenvalue weighted by Gasteiger charge is -2.10. The van der Waals surface area contributed by atoms with Crippen molar-refractivity contribution < 1.29 is 4.39 Å². The molecule has 0 aliphatic heterocycles. The number of fused-ring (bicyclic) bond motifs is 1. The lowest BCUT2D eigenvalue weighted by Crippen LogP contribution is -2.22. The van der Waals surface area contributed by atoms with Gasteiger partial charge in [-0.15, -0.1) is 0 Å². The van der Waals surface area contributed by atoms with Gasteiger partial charge in [-0.3, -0.25) is 14.3 Å². The lowest BCUT2D eigenvalue weighted by atomic mass is 10.2. The van der Waals surface area contributed by atoms with Crippen LogP contribution in [-0.2, 0) is 6.54 Å². The van der Waals surface area contributed by atoms with Gasteiger partial charge in [-0.25, -0.2) is 14.4 Å². The zero-order valence-electron chi connectivity index (χ0n) is 11.3. The minimum atomic E-state index is -0.499. The van der Waals surface area contributed by atoms with E-state index in [2.05, 4.69) is 15.0 Å². The summed E-state index contributed by atoms with van der Waals surface area (Å²) in [6.07, 6.45) is 4.49. The van der Waals surface area contributed by atoms with Crippen LogP contribution in [0.5, 0.6) is 0 Å². The van der Waals surface area contributed by atoms with Crippen LogP contribution in [0.15, 0.2) is 27.6 Å². The van der Waals surface area contributed by atoms with Crippen molar-refractivity contribution in [1.82, 2.24) is 19.5 Å². The van der Waals surface area contributed by atoms with Gasteiger partial charge in [0, 0.05) is 12.7 Å². The summed E-state index contributed by atoms with van der Waals surface area (Å²) >= 11 is 2.79. The Labute approximate surface area is 127 Å². The van der Waals surface area contributed by atoms with E-state index >= 15 is 0 Å². The third-order valence-electron chi connectivity index (χ3n) is 3.00. The molecule has 0 aliphatic carbocycles. The fourth-order valence-corrected chi connectivity index (χ4v) is 3.45. The Bertz CT molecular complexity index is 874. The predicted molar refractivity (Wildman–Crippen MR) is 82.3 cm³/mol. The van der Waals surface area contributed by atoms with E-state index in [1.165, 1.54) is 39.9 Å². The van der Waals surface area contributed by atoms with Gasteiger partial charge >= 0.3 is 0 Å². The van der Waals surface area contributed by atoms with Crippen LogP contribution >= 0.6 is 23.1 Å². The van der Waals surface area contributed by atoms with E-state index < -0.39 is 5.82 Å². The molecule has 21 heavy (non-hydrogen) atoms. The molecule has 108 valence electrons. The van der Waals surface area contributed by atoms with Gasteiger partial charge in [0.2, 0.25) is 0 Å². The highest BCUT2D eigenvalue weighted by Gasteiger charge is 2.17. The third-order valence-corrected chi connectivity index (χ3v) is 4.94. The lowest BCUT2D eigenvalue weighted by molar-refractivity contribution is 0.619. The molecule has 3 aromatic heterocycles. The Morgan fingerprint density at radius 3 is 2.90 bits per heavy atom. The summed E-state index contributed by atoms with van der Waals surface area (Å²) in [5, 5.41) is 0. The van der Waals surface area contributed by atoms with Crippen LogP contribution in [0.1, 0.15) is 6.92 Å². The van der Waals surface area contributed by atoms with E-state index in [1.807, 2.05) is 13.2 Å². The Hall–Kier alpha value is -1.80. The molecule has 0 fully saturated rings. The molecule has 3 rings (SSSR count). The van der Waals surface area contributed by atoms with Gasteiger partial charge < -0.3 is 0 Å². The van der Waals surface area contributed by atoms with Crippen LogP contribution in [0.4, 0.5) is 4.39 Å². The predicted octanol–water partition coefficient (Wildman–Crippen LogP) is 2.80. The molecule has 0 aliphatic rings. The first-order valence-electron chi connectivity index (χ1n) is 6.21. The zero-order valence-corrected chi connectivity index (χ0v) is 13.0. The number of nitrogens with zero attached hydrogens (tertiary/aromatic N) is 4. The Morgan fingerprint density at radius 1 is 1.43 bits per heavy atom. The summed E-state index contributed by atoms with van der Waals surface area (Å²) in [4.78, 5) is 25.5. The summed E-state index contributed by atoms with van der Waals surface area (Å²) in [7, 11) is 0. The van der Waals surface area contributed by atoms with Crippen molar-refractivity contribution in [3.05, 3.63) is 34.6 Å². The van der Waals surface area contributed by atoms with Crippen molar-refractivity contribution in [1.29, 1.82) is 0 Å². The zero-order chi connectivity index (χ0) is 15.0. The topological polar surface area (TPSA) is 60.7 Å². The van der Waals surface area contributed by atoms with E-state index in [9.17, 15) is 9.18 Å². The fourth-order valence-electron chi connectivity index (χ4n) is 2.03. The maximum atomic E-state index is 14.0. The Morgan fingerprint density at radius 2 is 2.24 bits per heavy atom. The van der Waals surface area contributed by atoms with E-state index in [0.29, 0.717) is 22.7 Å². The number of rotatable bonds is 3. The summed E-state index contributed by atoms with van der Waals surface area (Å²) in [5.41, 5.74) is 0.361. The normalized spacial score (nSPS) is 11.2. The standard InChI is InChI=1S/C13H11FN4OS2/c1-3-18-10(7-4-5-15-6-8(7)14)17-11-9(12(18)19)16-13(20-2)21-11/h4-6H,3H2,1-2H3. The summed E-state index contributed by atoms with van der Waals surface area (Å²) < 4.78 is 16.2. The van der Waals surface area contributed by atoms with Gasteiger partial charge in [-0.05, 0) is 19.2 Å². The number of hydrogen-bond acceptors (Lipinski definition) is 6. The molecule has 0 saturated heterocycles. The second kappa shape index (κ2) is 5.53. The van der Waals surface area contributed by atoms with Gasteiger partial charge in [-0.1, -0.05) is 23.1 Å². The highest BCUT2D eigenvalue weighted by molar-refractivity contribution is 8.00. The Kier molecular flexibility index (Phi) is 3.73. The van der Waals surface area contributed by atoms with Crippen LogP contribution in [0.3, 0.4) is 0 Å². The molecule has 0 atom stereocenters. The molecule has 0 spiro atoms. The van der Waals surface area contributed by atoms with E-state index in [4.69, 9.17) is 0 Å². The second-order valence-electron chi connectivity index (χ2n) is 4.18. The van der Waals surface area contributed by atoms with Crippen molar-refractivity contribution in [2.24, 2.45) is 0 Å². The van der Waals surface area contributed by atoms with E-state index in [1.54, 1.807) is 0 Å². The minimum Gasteiger partial charge on any atom is -0.291 e. The second-order valence-corrected chi connectivity index (χ2v) is 6.21. The van der Waals surface area contributed by atoms with Crippen LogP contribution < -0.4 is 5.56 Å². The van der Waals surface area contributed by atoms with E-state index in [-0.39, 0.29) is 11.1 Å². The van der Waals surface area contributed by atoms with Gasteiger partial charge in [0.25, 0.3) is 5.56 Å². The van der Waals surface area contributed by atoms with Crippen molar-refractivity contribution in [3.63, 3.8) is 0 Å². The maximum absolute atomic E-state index is 14.0. The highest BCUT2D eigenvalue weighted by atomic mass is 32.2. The third kappa shape index (κ3) is 2.34. The number of pyridine rings is 1. The van der Waals surface area contributed by atoms with Gasteiger partial charge in [0.15, 0.2) is 20.5 Å². The maximum Gasteiger partial charge on any atom is 0.281 e. The number of halogens is 1. The fraction of sp³-hybridized carbons (Fsp3) is 0.231.